The lowest BCUT2D eigenvalue weighted by molar-refractivity contribution is -0.914. The first-order chi connectivity index (χ1) is 14.1. The molecule has 4 nitrogen and oxygen atoms in total. The molecule has 2 N–H and O–H groups in total. The fourth-order valence-electron chi connectivity index (χ4n) is 3.90. The number of nitrogens with one attached hydrogen (secondary N) is 2. The molecule has 0 saturated carbocycles. The maximum Gasteiger partial charge on any atom is 0.256 e. The molecule has 0 radical (unpaired) electrons. The largest absolute Gasteiger partial charge is 0.360 e. The molecule has 0 bridgehead atoms. The summed E-state index contributed by atoms with van der Waals surface area (Å²) in [5.41, 5.74) is 4.62. The van der Waals surface area contributed by atoms with E-state index in [1.807, 2.05) is 30.3 Å². The van der Waals surface area contributed by atoms with Gasteiger partial charge in [-0.05, 0) is 43.7 Å². The number of rotatable bonds is 5. The summed E-state index contributed by atoms with van der Waals surface area (Å²) in [5, 5.41) is 4.17. The van der Waals surface area contributed by atoms with Crippen molar-refractivity contribution in [1.29, 1.82) is 0 Å². The Hall–Kier alpha value is -2.63. The lowest BCUT2D eigenvalue weighted by Gasteiger charge is -2.33. The average Bonchev–Trinajstić information content (AvgIpc) is 3.03. The monoisotopic (exact) mass is 406 g/mol. The van der Waals surface area contributed by atoms with Gasteiger partial charge in [0.05, 0.1) is 26.2 Å². The van der Waals surface area contributed by atoms with Crippen LogP contribution in [0.15, 0.2) is 60.7 Å². The minimum atomic E-state index is -0.0306. The van der Waals surface area contributed by atoms with Gasteiger partial charge in [-0.2, -0.15) is 0 Å². The molecule has 1 saturated heterocycles. The van der Waals surface area contributed by atoms with Gasteiger partial charge in [-0.25, -0.2) is 0 Å². The van der Waals surface area contributed by atoms with Crippen molar-refractivity contribution in [3.63, 3.8) is 0 Å². The molecular weight excluding hydrogens is 378 g/mol. The average molecular weight is 407 g/mol. The van der Waals surface area contributed by atoms with Crippen molar-refractivity contribution >= 4 is 27.9 Å². The molecule has 2 heterocycles. The van der Waals surface area contributed by atoms with Crippen molar-refractivity contribution in [1.82, 2.24) is 0 Å². The van der Waals surface area contributed by atoms with Gasteiger partial charge in [0, 0.05) is 21.7 Å². The number of aryl methyl sites for hydroxylation is 1. The molecule has 1 aromatic heterocycles. The Morgan fingerprint density at radius 2 is 1.62 bits per heavy atom. The first kappa shape index (κ1) is 19.7. The third kappa shape index (κ3) is 4.52. The molecule has 4 rings (SSSR count). The van der Waals surface area contributed by atoms with Crippen molar-refractivity contribution < 1.29 is 9.69 Å². The molecule has 0 aliphatic carbocycles. The lowest BCUT2D eigenvalue weighted by Crippen LogP contribution is -3.13. The van der Waals surface area contributed by atoms with Gasteiger partial charge in [0.15, 0.2) is 0 Å². The van der Waals surface area contributed by atoms with Crippen molar-refractivity contribution in [2.45, 2.75) is 20.4 Å². The van der Waals surface area contributed by atoms with E-state index in [0.717, 1.165) is 37.7 Å². The molecule has 3 aromatic rings. The van der Waals surface area contributed by atoms with E-state index in [2.05, 4.69) is 54.4 Å². The number of quaternary nitrogens is 1. The van der Waals surface area contributed by atoms with Crippen LogP contribution in [-0.2, 0) is 6.54 Å². The highest BCUT2D eigenvalue weighted by molar-refractivity contribution is 7.16. The van der Waals surface area contributed by atoms with Crippen molar-refractivity contribution in [2.75, 3.05) is 36.4 Å². The molecule has 1 aliphatic heterocycles. The summed E-state index contributed by atoms with van der Waals surface area (Å²) in [7, 11) is 0. The van der Waals surface area contributed by atoms with Crippen LogP contribution >= 0.6 is 11.3 Å². The van der Waals surface area contributed by atoms with E-state index >= 15 is 0 Å². The van der Waals surface area contributed by atoms with Gasteiger partial charge in [-0.3, -0.25) is 4.79 Å². The fourth-order valence-corrected chi connectivity index (χ4v) is 4.97. The van der Waals surface area contributed by atoms with Gasteiger partial charge in [0.25, 0.3) is 5.91 Å². The normalized spacial score (nSPS) is 14.8. The highest BCUT2D eigenvalue weighted by atomic mass is 32.1. The summed E-state index contributed by atoms with van der Waals surface area (Å²) in [6.07, 6.45) is 0. The Bertz CT molecular complexity index is 961. The predicted octanol–water partition coefficient (Wildman–Crippen LogP) is 3.52. The summed E-state index contributed by atoms with van der Waals surface area (Å²) >= 11 is 1.69. The van der Waals surface area contributed by atoms with Crippen LogP contribution in [0.1, 0.15) is 26.4 Å². The smallest absolute Gasteiger partial charge is 0.256 e. The van der Waals surface area contributed by atoms with Gasteiger partial charge in [0.2, 0.25) is 0 Å². The number of anilines is 2. The predicted molar refractivity (Wildman–Crippen MR) is 121 cm³/mol. The van der Waals surface area contributed by atoms with Crippen LogP contribution in [-0.4, -0.2) is 32.1 Å². The maximum atomic E-state index is 12.7. The Morgan fingerprint density at radius 3 is 2.28 bits per heavy atom. The SMILES string of the molecule is Cc1sc(NC(=O)c2ccccc2)c(C[NH+]2CCN(c3ccccc3)CC2)c1C. The lowest BCUT2D eigenvalue weighted by atomic mass is 10.1. The molecular formula is C24H28N3OS+. The quantitative estimate of drug-likeness (QED) is 0.680. The molecule has 150 valence electrons. The summed E-state index contributed by atoms with van der Waals surface area (Å²) in [5.74, 6) is -0.0306. The second kappa shape index (κ2) is 8.80. The molecule has 1 aliphatic rings. The first-order valence-electron chi connectivity index (χ1n) is 10.2. The minimum absolute atomic E-state index is 0.0306. The Kier molecular flexibility index (Phi) is 5.97. The number of para-hydroxylation sites is 1. The maximum absolute atomic E-state index is 12.7. The summed E-state index contributed by atoms with van der Waals surface area (Å²) < 4.78 is 0. The van der Waals surface area contributed by atoms with Crippen LogP contribution < -0.4 is 15.1 Å². The van der Waals surface area contributed by atoms with E-state index in [0.29, 0.717) is 5.56 Å². The molecule has 0 unspecified atom stereocenters. The number of carbonyl (C=O) groups excluding carboxylic acids is 1. The van der Waals surface area contributed by atoms with Crippen LogP contribution in [0.3, 0.4) is 0 Å². The number of hydrogen-bond donors (Lipinski definition) is 2. The van der Waals surface area contributed by atoms with E-state index in [1.54, 1.807) is 16.2 Å². The van der Waals surface area contributed by atoms with E-state index in [1.165, 1.54) is 21.7 Å². The number of hydrogen-bond acceptors (Lipinski definition) is 3. The van der Waals surface area contributed by atoms with Crippen molar-refractivity contribution in [3.8, 4) is 0 Å². The van der Waals surface area contributed by atoms with E-state index in [9.17, 15) is 4.79 Å². The number of nitrogens with zero attached hydrogens (tertiary/aromatic N) is 1. The number of benzene rings is 2. The first-order valence-corrected chi connectivity index (χ1v) is 11.0. The molecule has 29 heavy (non-hydrogen) atoms. The van der Waals surface area contributed by atoms with Crippen LogP contribution in [0.25, 0.3) is 0 Å². The highest BCUT2D eigenvalue weighted by Gasteiger charge is 2.24. The van der Waals surface area contributed by atoms with Crippen LogP contribution in [0, 0.1) is 13.8 Å². The Morgan fingerprint density at radius 1 is 1.00 bits per heavy atom. The van der Waals surface area contributed by atoms with Gasteiger partial charge >= 0.3 is 0 Å². The Labute approximate surface area is 176 Å². The number of amides is 1. The summed E-state index contributed by atoms with van der Waals surface area (Å²) in [4.78, 5) is 18.0. The van der Waals surface area contributed by atoms with Crippen LogP contribution in [0.2, 0.25) is 0 Å². The zero-order valence-electron chi connectivity index (χ0n) is 17.1. The van der Waals surface area contributed by atoms with Crippen molar-refractivity contribution in [2.24, 2.45) is 0 Å². The van der Waals surface area contributed by atoms with Gasteiger partial charge in [-0.1, -0.05) is 36.4 Å². The minimum Gasteiger partial charge on any atom is -0.360 e. The van der Waals surface area contributed by atoms with E-state index < -0.39 is 0 Å². The summed E-state index contributed by atoms with van der Waals surface area (Å²) in [6, 6.07) is 20.1. The zero-order valence-corrected chi connectivity index (χ0v) is 17.9. The molecule has 5 heteroatoms. The van der Waals surface area contributed by atoms with Gasteiger partial charge in [0.1, 0.15) is 11.5 Å². The van der Waals surface area contributed by atoms with Crippen LogP contribution in [0.4, 0.5) is 10.7 Å². The fraction of sp³-hybridized carbons (Fsp3) is 0.292. The van der Waals surface area contributed by atoms with Gasteiger partial charge in [-0.15, -0.1) is 11.3 Å². The van der Waals surface area contributed by atoms with Crippen LogP contribution in [0.5, 0.6) is 0 Å². The molecule has 0 spiro atoms. The second-order valence-electron chi connectivity index (χ2n) is 7.66. The molecule has 2 aromatic carbocycles. The number of piperazine rings is 1. The third-order valence-electron chi connectivity index (χ3n) is 5.79. The molecule has 1 fully saturated rings. The molecule has 1 amide bonds. The standard InChI is InChI=1S/C24H27N3OS/c1-18-19(2)29-24(25-23(28)20-9-5-3-6-10-20)22(18)17-26-13-15-27(16-14-26)21-11-7-4-8-12-21/h3-12H,13-17H2,1-2H3,(H,25,28)/p+1. The highest BCUT2D eigenvalue weighted by Crippen LogP contribution is 2.32. The second-order valence-corrected chi connectivity index (χ2v) is 8.89. The topological polar surface area (TPSA) is 36.8 Å². The zero-order chi connectivity index (χ0) is 20.2. The van der Waals surface area contributed by atoms with E-state index in [-0.39, 0.29) is 5.91 Å². The van der Waals surface area contributed by atoms with E-state index in [4.69, 9.17) is 0 Å². The summed E-state index contributed by atoms with van der Waals surface area (Å²) in [6.45, 7) is 9.62. The Balaban J connectivity index is 1.43. The number of carbonyl (C=O) groups is 1. The number of thiophene rings is 1. The van der Waals surface area contributed by atoms with Gasteiger partial charge < -0.3 is 15.1 Å². The third-order valence-corrected chi connectivity index (χ3v) is 6.96. The van der Waals surface area contributed by atoms with Crippen molar-refractivity contribution in [3.05, 3.63) is 82.2 Å². The molecule has 0 atom stereocenters.